The number of thiazole rings is 1. The van der Waals surface area contributed by atoms with Crippen molar-refractivity contribution in [3.63, 3.8) is 0 Å². The number of esters is 1. The zero-order valence-electron chi connectivity index (χ0n) is 22.8. The van der Waals surface area contributed by atoms with Crippen LogP contribution in [0.1, 0.15) is 43.5 Å². The molecule has 1 aliphatic rings. The van der Waals surface area contributed by atoms with Gasteiger partial charge in [0.15, 0.2) is 16.3 Å². The van der Waals surface area contributed by atoms with Gasteiger partial charge in [-0.3, -0.25) is 9.36 Å². The summed E-state index contributed by atoms with van der Waals surface area (Å²) in [6, 6.07) is 23.9. The highest BCUT2D eigenvalue weighted by atomic mass is 32.1. The summed E-state index contributed by atoms with van der Waals surface area (Å²) in [6.45, 7) is 5.87. The van der Waals surface area contributed by atoms with Crippen LogP contribution in [-0.4, -0.2) is 30.4 Å². The van der Waals surface area contributed by atoms with Crippen molar-refractivity contribution in [1.29, 1.82) is 0 Å². The molecule has 2 heterocycles. The predicted octanol–water partition coefficient (Wildman–Crippen LogP) is 4.73. The molecule has 1 atom stereocenters. The van der Waals surface area contributed by atoms with Crippen molar-refractivity contribution in [3.8, 4) is 11.5 Å². The lowest BCUT2D eigenvalue weighted by Crippen LogP contribution is -2.39. The molecule has 4 aromatic rings. The molecular formula is C32H30N2O5S. The summed E-state index contributed by atoms with van der Waals surface area (Å²) in [6.07, 6.45) is 1.80. The Morgan fingerprint density at radius 3 is 2.38 bits per heavy atom. The van der Waals surface area contributed by atoms with E-state index in [0.29, 0.717) is 32.1 Å². The third kappa shape index (κ3) is 5.35. The number of benzene rings is 3. The number of aromatic nitrogens is 1. The highest BCUT2D eigenvalue weighted by Crippen LogP contribution is 2.35. The molecule has 8 heteroatoms. The molecule has 0 saturated heterocycles. The standard InChI is InChI=1S/C32H30N2O5S/c1-5-38-31(36)27-28(22-12-8-6-9-13-22)33-32-34(29(27)23-14-10-7-11-15-23)30(35)26(40-32)19-21-16-17-24(39-20(2)3)25(18-21)37-4/h6-20,29H,5H2,1-4H3/b26-19-/t29-/m1/s1. The second kappa shape index (κ2) is 11.8. The second-order valence-electron chi connectivity index (χ2n) is 9.42. The molecule has 0 saturated carbocycles. The lowest BCUT2D eigenvalue weighted by Gasteiger charge is -2.25. The van der Waals surface area contributed by atoms with Crippen LogP contribution in [0, 0.1) is 0 Å². The molecule has 204 valence electrons. The van der Waals surface area contributed by atoms with E-state index >= 15 is 0 Å². The van der Waals surface area contributed by atoms with Crippen LogP contribution in [0.15, 0.2) is 94.2 Å². The zero-order chi connectivity index (χ0) is 28.2. The number of carbonyl (C=O) groups is 1. The molecule has 40 heavy (non-hydrogen) atoms. The molecule has 0 fully saturated rings. The minimum absolute atomic E-state index is 0.00571. The third-order valence-electron chi connectivity index (χ3n) is 6.34. The van der Waals surface area contributed by atoms with Gasteiger partial charge in [0.05, 0.1) is 41.7 Å². The maximum absolute atomic E-state index is 14.0. The van der Waals surface area contributed by atoms with Crippen LogP contribution in [-0.2, 0) is 9.53 Å². The van der Waals surface area contributed by atoms with Crippen molar-refractivity contribution < 1.29 is 19.0 Å². The molecule has 0 amide bonds. The zero-order valence-corrected chi connectivity index (χ0v) is 23.6. The first-order chi connectivity index (χ1) is 19.4. The molecule has 0 N–H and O–H groups in total. The fourth-order valence-corrected chi connectivity index (χ4v) is 5.67. The molecule has 7 nitrogen and oxygen atoms in total. The van der Waals surface area contributed by atoms with Gasteiger partial charge in [0.1, 0.15) is 0 Å². The van der Waals surface area contributed by atoms with Crippen LogP contribution in [0.25, 0.3) is 11.8 Å². The SMILES string of the molecule is CCOC(=O)C1=C(c2ccccc2)N=c2s/c(=C\c3ccc(OC(C)C)c(OC)c3)c(=O)n2[C@@H]1c1ccccc1. The normalized spacial score (nSPS) is 15.0. The van der Waals surface area contributed by atoms with Crippen LogP contribution < -0.4 is 24.4 Å². The molecule has 0 bridgehead atoms. The topological polar surface area (TPSA) is 79.1 Å². The predicted molar refractivity (Wildman–Crippen MR) is 156 cm³/mol. The van der Waals surface area contributed by atoms with E-state index in [0.717, 1.165) is 16.7 Å². The van der Waals surface area contributed by atoms with E-state index in [4.69, 9.17) is 19.2 Å². The number of fused-ring (bicyclic) bond motifs is 1. The monoisotopic (exact) mass is 554 g/mol. The quantitative estimate of drug-likeness (QED) is 0.294. The highest BCUT2D eigenvalue weighted by Gasteiger charge is 2.35. The number of hydrogen-bond donors (Lipinski definition) is 0. The van der Waals surface area contributed by atoms with Gasteiger partial charge in [-0.05, 0) is 50.1 Å². The Hall–Kier alpha value is -4.43. The van der Waals surface area contributed by atoms with Gasteiger partial charge in [0.25, 0.3) is 5.56 Å². The Labute approximate surface area is 236 Å². The number of methoxy groups -OCH3 is 1. The Balaban J connectivity index is 1.75. The van der Waals surface area contributed by atoms with E-state index in [1.165, 1.54) is 11.3 Å². The number of ether oxygens (including phenoxy) is 3. The van der Waals surface area contributed by atoms with Crippen LogP contribution in [0.3, 0.4) is 0 Å². The summed E-state index contributed by atoms with van der Waals surface area (Å²) in [5.74, 6) is 0.707. The van der Waals surface area contributed by atoms with E-state index in [1.807, 2.05) is 98.8 Å². The number of rotatable bonds is 8. The van der Waals surface area contributed by atoms with E-state index < -0.39 is 12.0 Å². The summed E-state index contributed by atoms with van der Waals surface area (Å²) in [7, 11) is 1.59. The highest BCUT2D eigenvalue weighted by molar-refractivity contribution is 7.07. The van der Waals surface area contributed by atoms with Gasteiger partial charge in [0.2, 0.25) is 0 Å². The molecule has 5 rings (SSSR count). The van der Waals surface area contributed by atoms with Crippen LogP contribution >= 0.6 is 11.3 Å². The fraction of sp³-hybridized carbons (Fsp3) is 0.219. The average Bonchev–Trinajstić information content (AvgIpc) is 3.27. The van der Waals surface area contributed by atoms with Crippen molar-refractivity contribution in [2.45, 2.75) is 32.9 Å². The van der Waals surface area contributed by atoms with Gasteiger partial charge < -0.3 is 14.2 Å². The first kappa shape index (κ1) is 27.1. The Morgan fingerprint density at radius 1 is 1.02 bits per heavy atom. The minimum Gasteiger partial charge on any atom is -0.493 e. The van der Waals surface area contributed by atoms with Gasteiger partial charge >= 0.3 is 5.97 Å². The first-order valence-corrected chi connectivity index (χ1v) is 13.9. The van der Waals surface area contributed by atoms with Crippen LogP contribution in [0.4, 0.5) is 0 Å². The lowest BCUT2D eigenvalue weighted by atomic mass is 9.93. The summed E-state index contributed by atoms with van der Waals surface area (Å²) in [5, 5.41) is 0. The van der Waals surface area contributed by atoms with E-state index in [-0.39, 0.29) is 18.3 Å². The second-order valence-corrected chi connectivity index (χ2v) is 10.4. The summed E-state index contributed by atoms with van der Waals surface area (Å²) in [5.41, 5.74) is 2.93. The smallest absolute Gasteiger partial charge is 0.338 e. The molecule has 1 aromatic heterocycles. The van der Waals surface area contributed by atoms with Crippen molar-refractivity contribution in [2.75, 3.05) is 13.7 Å². The molecule has 0 aliphatic carbocycles. The number of nitrogens with zero attached hydrogens (tertiary/aromatic N) is 2. The summed E-state index contributed by atoms with van der Waals surface area (Å²) in [4.78, 5) is 32.8. The Kier molecular flexibility index (Phi) is 7.98. The van der Waals surface area contributed by atoms with E-state index in [2.05, 4.69) is 0 Å². The molecule has 3 aromatic carbocycles. The van der Waals surface area contributed by atoms with E-state index in [1.54, 1.807) is 18.6 Å². The number of carbonyl (C=O) groups excluding carboxylic acids is 1. The molecule has 0 radical (unpaired) electrons. The van der Waals surface area contributed by atoms with Crippen LogP contribution in [0.5, 0.6) is 11.5 Å². The van der Waals surface area contributed by atoms with Gasteiger partial charge in [-0.25, -0.2) is 9.79 Å². The van der Waals surface area contributed by atoms with Crippen molar-refractivity contribution in [1.82, 2.24) is 4.57 Å². The van der Waals surface area contributed by atoms with Gasteiger partial charge in [0, 0.05) is 5.56 Å². The summed E-state index contributed by atoms with van der Waals surface area (Å²) >= 11 is 1.28. The minimum atomic E-state index is -0.704. The van der Waals surface area contributed by atoms with Crippen LogP contribution in [0.2, 0.25) is 0 Å². The number of hydrogen-bond acceptors (Lipinski definition) is 7. The summed E-state index contributed by atoms with van der Waals surface area (Å²) < 4.78 is 19.0. The third-order valence-corrected chi connectivity index (χ3v) is 7.32. The molecule has 0 spiro atoms. The lowest BCUT2D eigenvalue weighted by molar-refractivity contribution is -0.138. The van der Waals surface area contributed by atoms with E-state index in [9.17, 15) is 9.59 Å². The Morgan fingerprint density at radius 2 is 1.73 bits per heavy atom. The van der Waals surface area contributed by atoms with Crippen molar-refractivity contribution in [2.24, 2.45) is 4.99 Å². The largest absolute Gasteiger partial charge is 0.493 e. The maximum atomic E-state index is 14.0. The average molecular weight is 555 g/mol. The molecule has 0 unspecified atom stereocenters. The van der Waals surface area contributed by atoms with Crippen molar-refractivity contribution >= 4 is 29.1 Å². The Bertz CT molecular complexity index is 1740. The van der Waals surface area contributed by atoms with Gasteiger partial charge in [-0.15, -0.1) is 0 Å². The molecular weight excluding hydrogens is 524 g/mol. The molecule has 1 aliphatic heterocycles. The fourth-order valence-electron chi connectivity index (χ4n) is 4.67. The maximum Gasteiger partial charge on any atom is 0.338 e. The van der Waals surface area contributed by atoms with Gasteiger partial charge in [-0.2, -0.15) is 0 Å². The van der Waals surface area contributed by atoms with Crippen molar-refractivity contribution in [3.05, 3.63) is 121 Å². The van der Waals surface area contributed by atoms with Gasteiger partial charge in [-0.1, -0.05) is 78.1 Å². The first-order valence-electron chi connectivity index (χ1n) is 13.1.